The molecule has 1 atom stereocenters. The minimum atomic E-state index is -1.84. The summed E-state index contributed by atoms with van der Waals surface area (Å²) in [5.74, 6) is 0. The minimum absolute atomic E-state index is 0.146. The first-order chi connectivity index (χ1) is 3.25. The van der Waals surface area contributed by atoms with Crippen molar-refractivity contribution in [2.75, 3.05) is 6.26 Å². The number of hydrogen-bond acceptors (Lipinski definition) is 2. The van der Waals surface area contributed by atoms with Gasteiger partial charge in [-0.25, -0.2) is 0 Å². The fourth-order valence-electron chi connectivity index (χ4n) is 0. The first kappa shape index (κ1) is 8.27. The molecular weight excluding hydrogens is 122 g/mol. The molecule has 0 aromatic rings. The van der Waals surface area contributed by atoms with Gasteiger partial charge in [-0.3, -0.25) is 5.14 Å². The Balaban J connectivity index is 4.02. The van der Waals surface area contributed by atoms with Crippen molar-refractivity contribution in [3.05, 3.63) is 0 Å². The van der Waals surface area contributed by atoms with Gasteiger partial charge in [-0.15, -0.1) is 0 Å². The minimum Gasteiger partial charge on any atom is -0.338 e. The van der Waals surface area contributed by atoms with Crippen molar-refractivity contribution >= 4 is 10.5 Å². The van der Waals surface area contributed by atoms with E-state index in [1.807, 2.05) is 20.8 Å². The molecule has 0 radical (unpaired) electrons. The van der Waals surface area contributed by atoms with Crippen LogP contribution in [0.2, 0.25) is 0 Å². The van der Waals surface area contributed by atoms with E-state index >= 15 is 0 Å². The Hall–Kier alpha value is 0.270. The van der Waals surface area contributed by atoms with Crippen molar-refractivity contribution in [1.29, 1.82) is 0 Å². The van der Waals surface area contributed by atoms with Gasteiger partial charge >= 0.3 is 0 Å². The van der Waals surface area contributed by atoms with Crippen molar-refractivity contribution in [3.63, 3.8) is 0 Å². The lowest BCUT2D eigenvalue weighted by Gasteiger charge is -2.37. The second kappa shape index (κ2) is 1.90. The predicted molar refractivity (Wildman–Crippen MR) is 40.1 cm³/mol. The maximum Gasteiger partial charge on any atom is 0.0249 e. The zero-order valence-corrected chi connectivity index (χ0v) is 6.75. The van der Waals surface area contributed by atoms with Crippen LogP contribution in [0.15, 0.2) is 0 Å². The maximum atomic E-state index is 9.22. The Morgan fingerprint density at radius 1 is 1.38 bits per heavy atom. The van der Waals surface area contributed by atoms with Gasteiger partial charge in [-0.1, -0.05) is 10.5 Å². The summed E-state index contributed by atoms with van der Waals surface area (Å²) in [5, 5.41) is 5.45. The van der Waals surface area contributed by atoms with Crippen molar-refractivity contribution in [3.8, 4) is 0 Å². The van der Waals surface area contributed by atoms with E-state index in [-0.39, 0.29) is 4.75 Å². The van der Waals surface area contributed by atoms with Crippen LogP contribution < -0.4 is 5.14 Å². The molecule has 0 aromatic heterocycles. The molecular formula is C5H15NOS. The van der Waals surface area contributed by atoms with E-state index < -0.39 is 10.5 Å². The van der Waals surface area contributed by atoms with Gasteiger partial charge in [0.2, 0.25) is 0 Å². The van der Waals surface area contributed by atoms with Crippen molar-refractivity contribution < 1.29 is 4.55 Å². The molecule has 0 saturated carbocycles. The largest absolute Gasteiger partial charge is 0.338 e. The highest BCUT2D eigenvalue weighted by Crippen LogP contribution is 2.44. The highest BCUT2D eigenvalue weighted by atomic mass is 32.3. The van der Waals surface area contributed by atoms with E-state index in [1.54, 1.807) is 6.26 Å². The van der Waals surface area contributed by atoms with E-state index in [1.165, 1.54) is 0 Å². The fourth-order valence-corrected chi connectivity index (χ4v) is 0. The topological polar surface area (TPSA) is 46.2 Å². The molecule has 0 aromatic carbocycles. The molecule has 2 nitrogen and oxygen atoms in total. The van der Waals surface area contributed by atoms with Gasteiger partial charge in [-0.05, 0) is 20.8 Å². The molecule has 1 unspecified atom stereocenters. The quantitative estimate of drug-likeness (QED) is 0.532. The van der Waals surface area contributed by atoms with E-state index in [4.69, 9.17) is 5.14 Å². The van der Waals surface area contributed by atoms with Crippen molar-refractivity contribution in [1.82, 2.24) is 0 Å². The lowest BCUT2D eigenvalue weighted by Crippen LogP contribution is -2.29. The summed E-state index contributed by atoms with van der Waals surface area (Å²) in [6.07, 6.45) is 1.69. The van der Waals surface area contributed by atoms with Crippen LogP contribution in [0.25, 0.3) is 0 Å². The molecule has 0 aliphatic rings. The SMILES string of the molecule is CC(C)(C)S(C)(N)O. The van der Waals surface area contributed by atoms with Gasteiger partial charge in [0.15, 0.2) is 0 Å². The predicted octanol–water partition coefficient (Wildman–Crippen LogP) is 1.57. The molecule has 0 heterocycles. The summed E-state index contributed by atoms with van der Waals surface area (Å²) >= 11 is 0. The highest BCUT2D eigenvalue weighted by molar-refractivity contribution is 8.27. The smallest absolute Gasteiger partial charge is 0.0249 e. The summed E-state index contributed by atoms with van der Waals surface area (Å²) < 4.78 is 9.07. The average molecular weight is 137 g/mol. The first-order valence-electron chi connectivity index (χ1n) is 2.53. The zero-order valence-electron chi connectivity index (χ0n) is 5.93. The van der Waals surface area contributed by atoms with E-state index in [9.17, 15) is 4.55 Å². The van der Waals surface area contributed by atoms with Gasteiger partial charge in [0.05, 0.1) is 0 Å². The molecule has 0 bridgehead atoms. The van der Waals surface area contributed by atoms with Crippen LogP contribution in [0.3, 0.4) is 0 Å². The van der Waals surface area contributed by atoms with Crippen LogP contribution in [-0.2, 0) is 0 Å². The molecule has 0 aliphatic heterocycles. The van der Waals surface area contributed by atoms with Gasteiger partial charge < -0.3 is 4.55 Å². The average Bonchev–Trinajstić information content (AvgIpc) is 1.25. The standard InChI is InChI=1S/C5H15NOS/c1-5(2,3)8(4,6)7/h7H,6H2,1-4H3. The van der Waals surface area contributed by atoms with Gasteiger partial charge in [0, 0.05) is 11.0 Å². The van der Waals surface area contributed by atoms with Crippen LogP contribution in [0.1, 0.15) is 20.8 Å². The highest BCUT2D eigenvalue weighted by Gasteiger charge is 2.25. The Morgan fingerprint density at radius 2 is 1.50 bits per heavy atom. The molecule has 3 heteroatoms. The monoisotopic (exact) mass is 137 g/mol. The van der Waals surface area contributed by atoms with Gasteiger partial charge in [0.25, 0.3) is 0 Å². The molecule has 52 valence electrons. The summed E-state index contributed by atoms with van der Waals surface area (Å²) in [4.78, 5) is 0. The number of nitrogens with two attached hydrogens (primary N) is 1. The van der Waals surface area contributed by atoms with Crippen LogP contribution in [0.5, 0.6) is 0 Å². The fraction of sp³-hybridized carbons (Fsp3) is 1.00. The third kappa shape index (κ3) is 2.03. The van der Waals surface area contributed by atoms with E-state index in [2.05, 4.69) is 0 Å². The molecule has 0 fully saturated rings. The molecule has 0 amide bonds. The molecule has 3 N–H and O–H groups in total. The van der Waals surface area contributed by atoms with Gasteiger partial charge in [0.1, 0.15) is 0 Å². The lowest BCUT2D eigenvalue weighted by atomic mass is 10.3. The number of hydrogen-bond donors (Lipinski definition) is 2. The molecule has 0 saturated heterocycles. The van der Waals surface area contributed by atoms with Crippen molar-refractivity contribution in [2.24, 2.45) is 5.14 Å². The van der Waals surface area contributed by atoms with E-state index in [0.717, 1.165) is 0 Å². The normalized spacial score (nSPS) is 24.2. The van der Waals surface area contributed by atoms with Crippen molar-refractivity contribution in [2.45, 2.75) is 25.5 Å². The van der Waals surface area contributed by atoms with Crippen LogP contribution in [0, 0.1) is 0 Å². The second-order valence-electron chi connectivity index (χ2n) is 3.05. The van der Waals surface area contributed by atoms with Crippen LogP contribution in [-0.4, -0.2) is 15.6 Å². The van der Waals surface area contributed by atoms with Crippen LogP contribution >= 0.6 is 10.5 Å². The van der Waals surface area contributed by atoms with Crippen LogP contribution in [0.4, 0.5) is 0 Å². The Bertz CT molecular complexity index is 67.4. The third-order valence-electron chi connectivity index (χ3n) is 1.24. The molecule has 0 aliphatic carbocycles. The Morgan fingerprint density at radius 3 is 1.50 bits per heavy atom. The Labute approximate surface area is 52.7 Å². The summed E-state index contributed by atoms with van der Waals surface area (Å²) in [5.41, 5.74) is 0. The van der Waals surface area contributed by atoms with E-state index in [0.29, 0.717) is 0 Å². The number of rotatable bonds is 0. The second-order valence-corrected chi connectivity index (χ2v) is 6.15. The molecule has 8 heavy (non-hydrogen) atoms. The first-order valence-corrected chi connectivity index (χ1v) is 4.59. The summed E-state index contributed by atoms with van der Waals surface area (Å²) in [6.45, 7) is 5.80. The molecule has 0 spiro atoms. The van der Waals surface area contributed by atoms with Gasteiger partial charge in [-0.2, -0.15) is 0 Å². The summed E-state index contributed by atoms with van der Waals surface area (Å²) in [7, 11) is -1.84. The summed E-state index contributed by atoms with van der Waals surface area (Å²) in [6, 6.07) is 0. The zero-order chi connectivity index (χ0) is 7.00. The Kier molecular flexibility index (Phi) is 1.96. The maximum absolute atomic E-state index is 9.22. The third-order valence-corrected chi connectivity index (χ3v) is 3.72. The molecule has 0 rings (SSSR count). The lowest BCUT2D eigenvalue weighted by molar-refractivity contribution is 0.587.